The zero-order valence-corrected chi connectivity index (χ0v) is 23.3. The Hall–Kier alpha value is -4.39. The zero-order valence-electron chi connectivity index (χ0n) is 23.3. The van der Waals surface area contributed by atoms with Crippen molar-refractivity contribution in [1.29, 1.82) is 0 Å². The van der Waals surface area contributed by atoms with Gasteiger partial charge in [0, 0.05) is 39.8 Å². The lowest BCUT2D eigenvalue weighted by Crippen LogP contribution is -2.29. The number of likely N-dealkylation sites (tertiary alicyclic amines) is 1. The van der Waals surface area contributed by atoms with Gasteiger partial charge in [0.1, 0.15) is 17.3 Å². The molecular weight excluding hydrogens is 507 g/mol. The number of benzene rings is 3. The summed E-state index contributed by atoms with van der Waals surface area (Å²) in [6.07, 6.45) is 0. The minimum Gasteiger partial charge on any atom is -0.507 e. The molecule has 40 heavy (non-hydrogen) atoms. The number of Topliss-reactive ketones (excluding diaryl/α,β-unsaturated/α-hetero) is 1. The molecule has 1 unspecified atom stereocenters. The minimum absolute atomic E-state index is 0.0176. The highest BCUT2D eigenvalue weighted by molar-refractivity contribution is 6.46. The lowest BCUT2D eigenvalue weighted by atomic mass is 9.84. The molecule has 2 N–H and O–H groups in total. The van der Waals surface area contributed by atoms with E-state index in [1.807, 2.05) is 65.0 Å². The van der Waals surface area contributed by atoms with E-state index in [1.165, 1.54) is 17.0 Å². The Kier molecular flexibility index (Phi) is 7.00. The summed E-state index contributed by atoms with van der Waals surface area (Å²) in [6, 6.07) is 18.0. The number of carbonyl (C=O) groups excluding carboxylic acids is 2. The summed E-state index contributed by atoms with van der Waals surface area (Å²) >= 11 is 0. The molecular formula is C33H33FN2O4. The predicted molar refractivity (Wildman–Crippen MR) is 154 cm³/mol. The highest BCUT2D eigenvalue weighted by Crippen LogP contribution is 2.45. The lowest BCUT2D eigenvalue weighted by molar-refractivity contribution is -0.140. The van der Waals surface area contributed by atoms with Gasteiger partial charge in [0.2, 0.25) is 0 Å². The van der Waals surface area contributed by atoms with E-state index in [0.717, 1.165) is 27.7 Å². The number of hydrogen-bond donors (Lipinski definition) is 2. The molecule has 0 spiro atoms. The van der Waals surface area contributed by atoms with Crippen molar-refractivity contribution in [3.05, 3.63) is 106 Å². The second kappa shape index (κ2) is 10.3. The average molecular weight is 541 g/mol. The molecule has 6 nitrogen and oxygen atoms in total. The van der Waals surface area contributed by atoms with Crippen molar-refractivity contribution in [2.24, 2.45) is 0 Å². The zero-order chi connectivity index (χ0) is 28.8. The van der Waals surface area contributed by atoms with Gasteiger partial charge in [-0.05, 0) is 61.2 Å². The van der Waals surface area contributed by atoms with Crippen molar-refractivity contribution >= 4 is 28.4 Å². The standard InChI is InChI=1S/C33H33FN2O4/c1-6-40-26-16-13-21(17-24(26)33(3,4)5)30(37)28-29(27-19(2)35-25-10-8-7-9-23(25)27)36(32(39)31(28)38)18-20-11-14-22(34)15-12-20/h7-17,29,35,37H,6,18H2,1-5H3/b30-28+. The van der Waals surface area contributed by atoms with Crippen LogP contribution in [0.5, 0.6) is 5.75 Å². The first-order chi connectivity index (χ1) is 19.0. The van der Waals surface area contributed by atoms with Gasteiger partial charge in [0.25, 0.3) is 11.7 Å². The third-order valence-electron chi connectivity index (χ3n) is 7.38. The van der Waals surface area contributed by atoms with Crippen LogP contribution in [0, 0.1) is 12.7 Å². The van der Waals surface area contributed by atoms with Crippen molar-refractivity contribution in [3.8, 4) is 5.75 Å². The number of hydrogen-bond acceptors (Lipinski definition) is 4. The average Bonchev–Trinajstić information content (AvgIpc) is 3.37. The number of H-pyrrole nitrogens is 1. The maximum absolute atomic E-state index is 13.7. The van der Waals surface area contributed by atoms with Crippen LogP contribution >= 0.6 is 0 Å². The van der Waals surface area contributed by atoms with Gasteiger partial charge in [-0.1, -0.05) is 51.1 Å². The number of aryl methyl sites for hydroxylation is 1. The van der Waals surface area contributed by atoms with E-state index < -0.39 is 17.7 Å². The first kappa shape index (κ1) is 27.2. The molecule has 0 bridgehead atoms. The molecule has 1 aliphatic rings. The highest BCUT2D eigenvalue weighted by Gasteiger charge is 2.47. The molecule has 7 heteroatoms. The van der Waals surface area contributed by atoms with Crippen LogP contribution in [0.1, 0.15) is 61.7 Å². The van der Waals surface area contributed by atoms with Crippen molar-refractivity contribution in [2.75, 3.05) is 6.61 Å². The van der Waals surface area contributed by atoms with Crippen LogP contribution in [-0.4, -0.2) is 33.3 Å². The van der Waals surface area contributed by atoms with Crippen LogP contribution in [-0.2, 0) is 21.5 Å². The summed E-state index contributed by atoms with van der Waals surface area (Å²) in [5, 5.41) is 12.6. The lowest BCUT2D eigenvalue weighted by Gasteiger charge is -2.26. The normalized spacial score (nSPS) is 17.1. The monoisotopic (exact) mass is 540 g/mol. The number of nitrogens with zero attached hydrogens (tertiary/aromatic N) is 1. The van der Waals surface area contributed by atoms with Crippen molar-refractivity contribution in [3.63, 3.8) is 0 Å². The summed E-state index contributed by atoms with van der Waals surface area (Å²) in [5.74, 6) is -1.42. The topological polar surface area (TPSA) is 82.6 Å². The number of fused-ring (bicyclic) bond motifs is 1. The van der Waals surface area contributed by atoms with Gasteiger partial charge in [-0.15, -0.1) is 0 Å². The molecule has 1 amide bonds. The van der Waals surface area contributed by atoms with Crippen LogP contribution in [0.4, 0.5) is 4.39 Å². The van der Waals surface area contributed by atoms with Gasteiger partial charge in [0.15, 0.2) is 0 Å². The summed E-state index contributed by atoms with van der Waals surface area (Å²) in [7, 11) is 0. The number of aromatic amines is 1. The Labute approximate surface area is 233 Å². The Morgan fingerprint density at radius 1 is 1.05 bits per heavy atom. The number of rotatable bonds is 6. The molecule has 1 aliphatic heterocycles. The van der Waals surface area contributed by atoms with E-state index >= 15 is 0 Å². The number of halogens is 1. The summed E-state index contributed by atoms with van der Waals surface area (Å²) < 4.78 is 19.5. The number of nitrogens with one attached hydrogen (secondary N) is 1. The number of para-hydroxylation sites is 1. The Morgan fingerprint density at radius 3 is 2.42 bits per heavy atom. The molecule has 1 saturated heterocycles. The van der Waals surface area contributed by atoms with Crippen molar-refractivity contribution in [2.45, 2.75) is 52.6 Å². The second-order valence-corrected chi connectivity index (χ2v) is 11.2. The van der Waals surface area contributed by atoms with E-state index in [9.17, 15) is 19.1 Å². The molecule has 206 valence electrons. The van der Waals surface area contributed by atoms with Crippen LogP contribution in [0.3, 0.4) is 0 Å². The Balaban J connectivity index is 1.73. The first-order valence-corrected chi connectivity index (χ1v) is 13.4. The first-order valence-electron chi connectivity index (χ1n) is 13.4. The third kappa shape index (κ3) is 4.76. The highest BCUT2D eigenvalue weighted by atomic mass is 19.1. The molecule has 4 aromatic rings. The number of ether oxygens (including phenoxy) is 1. The van der Waals surface area contributed by atoms with Gasteiger partial charge in [-0.2, -0.15) is 0 Å². The Morgan fingerprint density at radius 2 is 1.75 bits per heavy atom. The van der Waals surface area contributed by atoms with Crippen molar-refractivity contribution in [1.82, 2.24) is 9.88 Å². The maximum atomic E-state index is 13.7. The summed E-state index contributed by atoms with van der Waals surface area (Å²) in [4.78, 5) is 32.1. The molecule has 0 aliphatic carbocycles. The molecule has 1 atom stereocenters. The fraction of sp³-hybridized carbons (Fsp3) is 0.273. The van der Waals surface area contributed by atoms with E-state index in [2.05, 4.69) is 4.98 Å². The van der Waals surface area contributed by atoms with Crippen LogP contribution in [0.2, 0.25) is 0 Å². The number of aliphatic hydroxyl groups excluding tert-OH is 1. The quantitative estimate of drug-likeness (QED) is 0.158. The number of amides is 1. The molecule has 3 aromatic carbocycles. The van der Waals surface area contributed by atoms with Gasteiger partial charge >= 0.3 is 0 Å². The number of ketones is 1. The van der Waals surface area contributed by atoms with Crippen molar-refractivity contribution < 1.29 is 23.8 Å². The van der Waals surface area contributed by atoms with Gasteiger partial charge in [-0.3, -0.25) is 9.59 Å². The smallest absolute Gasteiger partial charge is 0.295 e. The van der Waals surface area contributed by atoms with Crippen LogP contribution < -0.4 is 4.74 Å². The van der Waals surface area contributed by atoms with Gasteiger partial charge < -0.3 is 19.7 Å². The van der Waals surface area contributed by atoms with E-state index in [4.69, 9.17) is 4.74 Å². The molecule has 2 heterocycles. The SMILES string of the molecule is CCOc1ccc(/C(O)=C2\C(=O)C(=O)N(Cc3ccc(F)cc3)C2c2c(C)[nH]c3ccccc23)cc1C(C)(C)C. The molecule has 5 rings (SSSR count). The van der Waals surface area contributed by atoms with E-state index in [0.29, 0.717) is 23.5 Å². The maximum Gasteiger partial charge on any atom is 0.295 e. The summed E-state index contributed by atoms with van der Waals surface area (Å²) in [6.45, 7) is 10.5. The number of aliphatic hydroxyl groups is 1. The molecule has 1 fully saturated rings. The largest absolute Gasteiger partial charge is 0.507 e. The van der Waals surface area contributed by atoms with Crippen LogP contribution in [0.15, 0.2) is 72.3 Å². The fourth-order valence-electron chi connectivity index (χ4n) is 5.48. The Bertz CT molecular complexity index is 1640. The predicted octanol–water partition coefficient (Wildman–Crippen LogP) is 6.93. The van der Waals surface area contributed by atoms with E-state index in [1.54, 1.807) is 24.3 Å². The van der Waals surface area contributed by atoms with E-state index in [-0.39, 0.29) is 29.1 Å². The number of aromatic nitrogens is 1. The van der Waals surface area contributed by atoms with Gasteiger partial charge in [-0.25, -0.2) is 4.39 Å². The summed E-state index contributed by atoms with van der Waals surface area (Å²) in [5.41, 5.74) is 4.06. The third-order valence-corrected chi connectivity index (χ3v) is 7.38. The molecule has 0 saturated carbocycles. The van der Waals surface area contributed by atoms with Gasteiger partial charge in [0.05, 0.1) is 18.2 Å². The second-order valence-electron chi connectivity index (χ2n) is 11.2. The fourth-order valence-corrected chi connectivity index (χ4v) is 5.48. The van der Waals surface area contributed by atoms with Crippen LogP contribution in [0.25, 0.3) is 16.7 Å². The minimum atomic E-state index is -0.856. The number of carbonyl (C=O) groups is 2. The molecule has 1 aromatic heterocycles. The molecule has 0 radical (unpaired) electrons.